The molecule has 0 saturated carbocycles. The number of hydrogen-bond donors (Lipinski definition) is 1. The molecular weight excluding hydrogens is 733 g/mol. The highest BCUT2D eigenvalue weighted by Crippen LogP contribution is 2.38. The second-order valence-corrected chi connectivity index (χ2v) is 14.3. The molecule has 10 nitrogen and oxygen atoms in total. The lowest BCUT2D eigenvalue weighted by Gasteiger charge is -2.47. The van der Waals surface area contributed by atoms with Crippen molar-refractivity contribution in [2.24, 2.45) is 0 Å². The Morgan fingerprint density at radius 3 is 2.18 bits per heavy atom. The summed E-state index contributed by atoms with van der Waals surface area (Å²) >= 11 is 21.5. The van der Waals surface area contributed by atoms with Gasteiger partial charge in [0.25, 0.3) is 5.91 Å². The summed E-state index contributed by atoms with van der Waals surface area (Å²) in [5, 5.41) is 1.12. The number of hydrogen-bond acceptors (Lipinski definition) is 9. The summed E-state index contributed by atoms with van der Waals surface area (Å²) < 4.78 is 13.8. The van der Waals surface area contributed by atoms with Gasteiger partial charge in [0.15, 0.2) is 5.70 Å². The quantitative estimate of drug-likeness (QED) is 0.113. The maximum absolute atomic E-state index is 13.4. The summed E-state index contributed by atoms with van der Waals surface area (Å²) in [5.41, 5.74) is 1.19. The average Bonchev–Trinajstić information content (AvgIpc) is 3.02. The Kier molecular flexibility index (Phi) is 12.7. The van der Waals surface area contributed by atoms with Crippen LogP contribution in [0.5, 0.6) is 11.5 Å². The normalized spacial score (nSPS) is 19.0. The Morgan fingerprint density at radius 2 is 1.67 bits per heavy atom. The summed E-state index contributed by atoms with van der Waals surface area (Å²) in [6.07, 6.45) is 2.84. The maximum atomic E-state index is 13.4. The molecule has 4 aliphatic heterocycles. The standard InChI is InChI=1S/C24H27BrCl3N3O6S.C6H4O/c1-15(32)29-18-20(33)31(21(18)38-23(35)36-13-16-8-4-2-5-9-16)19(22(34)37-14-24(26,27)28)17(12-25)30-10-6-3-7-11-30;1-2-5-4-6(3-1)7-5/h2,4-5,8-9,18,21H,3,6-7,10-14H2,1H3,(H,29,32);1-4H. The van der Waals surface area contributed by atoms with Gasteiger partial charge in [0, 0.05) is 31.4 Å². The number of nitrogens with one attached hydrogen (secondary N) is 1. The van der Waals surface area contributed by atoms with Crippen LogP contribution < -0.4 is 10.1 Å². The Hall–Kier alpha value is -2.64. The monoisotopic (exact) mass is 761 g/mol. The smallest absolute Gasteiger partial charge is 0.369 e. The predicted octanol–water partition coefficient (Wildman–Crippen LogP) is 6.53. The van der Waals surface area contributed by atoms with Crippen LogP contribution in [0.2, 0.25) is 0 Å². The summed E-state index contributed by atoms with van der Waals surface area (Å²) in [6.45, 7) is 2.05. The zero-order valence-electron chi connectivity index (χ0n) is 24.2. The van der Waals surface area contributed by atoms with Crippen LogP contribution in [-0.4, -0.2) is 73.1 Å². The first kappa shape index (κ1) is 35.2. The molecule has 4 aliphatic rings. The number of nitrogens with zero attached hydrogens (tertiary/aromatic N) is 2. The number of halogens is 4. The van der Waals surface area contributed by atoms with Crippen molar-refractivity contribution in [2.45, 2.75) is 48.0 Å². The number of carbonyl (C=O) groups excluding carboxylic acids is 4. The van der Waals surface area contributed by atoms with E-state index in [4.69, 9.17) is 49.0 Å². The van der Waals surface area contributed by atoms with Crippen LogP contribution in [0.4, 0.5) is 4.79 Å². The first-order chi connectivity index (χ1) is 21.5. The number of likely N-dealkylation sites (tertiary alicyclic amines) is 2. The lowest BCUT2D eigenvalue weighted by atomic mass is 10.0. The van der Waals surface area contributed by atoms with Gasteiger partial charge in [0.1, 0.15) is 36.1 Å². The highest BCUT2D eigenvalue weighted by atomic mass is 79.9. The second kappa shape index (κ2) is 16.3. The van der Waals surface area contributed by atoms with Crippen molar-refractivity contribution < 1.29 is 33.4 Å². The molecule has 15 heteroatoms. The van der Waals surface area contributed by atoms with Crippen LogP contribution in [0, 0.1) is 0 Å². The molecule has 0 aliphatic carbocycles. The number of rotatable bonds is 9. The fourth-order valence-electron chi connectivity index (χ4n) is 4.73. The fourth-order valence-corrected chi connectivity index (χ4v) is 6.48. The van der Waals surface area contributed by atoms with Crippen LogP contribution >= 0.6 is 62.5 Å². The number of allylic oxidation sites excluding steroid dienone is 1. The molecule has 2 atom stereocenters. The van der Waals surface area contributed by atoms with Crippen molar-refractivity contribution in [3.05, 3.63) is 71.6 Å². The lowest BCUT2D eigenvalue weighted by molar-refractivity contribution is -0.152. The van der Waals surface area contributed by atoms with E-state index in [2.05, 4.69) is 21.2 Å². The Bertz CT molecular complexity index is 1400. The molecule has 2 aromatic rings. The molecule has 2 aromatic carbocycles. The molecule has 242 valence electrons. The first-order valence-electron chi connectivity index (χ1n) is 14.0. The van der Waals surface area contributed by atoms with Gasteiger partial charge in [-0.1, -0.05) is 87.1 Å². The van der Waals surface area contributed by atoms with Crippen molar-refractivity contribution in [3.63, 3.8) is 0 Å². The van der Waals surface area contributed by atoms with E-state index in [0.717, 1.165) is 41.2 Å². The third-order valence-corrected chi connectivity index (χ3v) is 8.69. The molecule has 4 heterocycles. The van der Waals surface area contributed by atoms with Crippen LogP contribution in [0.15, 0.2) is 66.0 Å². The number of alkyl halides is 4. The van der Waals surface area contributed by atoms with Crippen molar-refractivity contribution in [2.75, 3.05) is 25.0 Å². The number of amides is 2. The number of fused-ring (bicyclic) bond motifs is 2. The van der Waals surface area contributed by atoms with Gasteiger partial charge in [-0.25, -0.2) is 9.59 Å². The number of piperidine rings is 1. The zero-order chi connectivity index (χ0) is 32.6. The third-order valence-electron chi connectivity index (χ3n) is 6.80. The minimum Gasteiger partial charge on any atom is -0.457 e. The number of benzene rings is 2. The molecule has 2 unspecified atom stereocenters. The molecule has 45 heavy (non-hydrogen) atoms. The van der Waals surface area contributed by atoms with Crippen molar-refractivity contribution >= 4 is 85.6 Å². The average molecular weight is 764 g/mol. The van der Waals surface area contributed by atoms with Crippen molar-refractivity contribution in [1.82, 2.24) is 15.1 Å². The van der Waals surface area contributed by atoms with E-state index in [1.807, 2.05) is 47.4 Å². The minimum atomic E-state index is -1.87. The van der Waals surface area contributed by atoms with Gasteiger partial charge < -0.3 is 24.4 Å². The highest BCUT2D eigenvalue weighted by Gasteiger charge is 2.54. The molecular formula is C30H31BrCl3N3O7S. The Balaban J connectivity index is 0.000000569. The van der Waals surface area contributed by atoms with Gasteiger partial charge in [0.05, 0.1) is 5.70 Å². The second-order valence-electron chi connectivity index (χ2n) is 10.2. The molecule has 2 fully saturated rings. The SMILES string of the molecule is CC(=O)NC1C(=O)N(C(C(=O)OCC(Cl)(Cl)Cl)=C(CBr)N2CCCCC2)C1SC(=O)OCc1ccccc1.c1cc2cc(c1)O2. The summed E-state index contributed by atoms with van der Waals surface area (Å²) in [6, 6.07) is 15.9. The van der Waals surface area contributed by atoms with E-state index < -0.39 is 44.9 Å². The molecule has 0 radical (unpaired) electrons. The molecule has 2 saturated heterocycles. The lowest BCUT2D eigenvalue weighted by Crippen LogP contribution is -2.70. The molecule has 6 rings (SSSR count). The van der Waals surface area contributed by atoms with Crippen LogP contribution in [-0.2, 0) is 30.5 Å². The number of ether oxygens (including phenoxy) is 3. The van der Waals surface area contributed by atoms with E-state index >= 15 is 0 Å². The Morgan fingerprint density at radius 1 is 1.02 bits per heavy atom. The van der Waals surface area contributed by atoms with Crippen molar-refractivity contribution in [3.8, 4) is 11.5 Å². The van der Waals surface area contributed by atoms with Gasteiger partial charge in [-0.2, -0.15) is 0 Å². The number of β-lactam (4-membered cyclic amide) rings is 1. The fraction of sp³-hybridized carbons (Fsp3) is 0.400. The number of carbonyl (C=O) groups is 4. The first-order valence-corrected chi connectivity index (χ1v) is 17.1. The van der Waals surface area contributed by atoms with E-state index in [9.17, 15) is 19.2 Å². The molecule has 0 spiro atoms. The van der Waals surface area contributed by atoms with Gasteiger partial charge >= 0.3 is 11.3 Å². The summed E-state index contributed by atoms with van der Waals surface area (Å²) in [5.74, 6) is 0.0291. The highest BCUT2D eigenvalue weighted by molar-refractivity contribution is 9.09. The maximum Gasteiger partial charge on any atom is 0.369 e. The predicted molar refractivity (Wildman–Crippen MR) is 176 cm³/mol. The van der Waals surface area contributed by atoms with Gasteiger partial charge in [0.2, 0.25) is 9.70 Å². The molecule has 0 aromatic heterocycles. The van der Waals surface area contributed by atoms with Crippen LogP contribution in [0.1, 0.15) is 31.7 Å². The van der Waals surface area contributed by atoms with Crippen LogP contribution in [0.3, 0.4) is 0 Å². The Labute approximate surface area is 288 Å². The summed E-state index contributed by atoms with van der Waals surface area (Å²) in [4.78, 5) is 54.4. The minimum absolute atomic E-state index is 0.0204. The molecule has 1 N–H and O–H groups in total. The third kappa shape index (κ3) is 9.92. The van der Waals surface area contributed by atoms with Crippen LogP contribution in [0.25, 0.3) is 0 Å². The van der Waals surface area contributed by atoms with E-state index in [-0.39, 0.29) is 17.6 Å². The van der Waals surface area contributed by atoms with E-state index in [1.165, 1.54) is 6.92 Å². The van der Waals surface area contributed by atoms with Crippen molar-refractivity contribution in [1.29, 1.82) is 0 Å². The topological polar surface area (TPSA) is 114 Å². The zero-order valence-corrected chi connectivity index (χ0v) is 28.9. The summed E-state index contributed by atoms with van der Waals surface area (Å²) in [7, 11) is 0. The molecule has 2 bridgehead atoms. The molecule has 2 amide bonds. The largest absolute Gasteiger partial charge is 0.457 e. The van der Waals surface area contributed by atoms with Gasteiger partial charge in [-0.3, -0.25) is 14.5 Å². The van der Waals surface area contributed by atoms with E-state index in [1.54, 1.807) is 12.1 Å². The van der Waals surface area contributed by atoms with Gasteiger partial charge in [-0.15, -0.1) is 0 Å². The number of thioether (sulfide) groups is 1. The van der Waals surface area contributed by atoms with Gasteiger partial charge in [-0.05, 0) is 48.7 Å². The van der Waals surface area contributed by atoms with E-state index in [0.29, 0.717) is 30.5 Å². The number of esters is 1.